The largest absolute Gasteiger partial charge is 0.443 e. The predicted molar refractivity (Wildman–Crippen MR) is 100 cm³/mol. The summed E-state index contributed by atoms with van der Waals surface area (Å²) in [5, 5.41) is 9.46. The minimum absolute atomic E-state index is 0.121. The molecule has 7 heteroatoms. The van der Waals surface area contributed by atoms with E-state index in [1.807, 2.05) is 6.08 Å². The van der Waals surface area contributed by atoms with E-state index < -0.39 is 23.2 Å². The van der Waals surface area contributed by atoms with Gasteiger partial charge in [0.05, 0.1) is 6.07 Å². The lowest BCUT2D eigenvalue weighted by atomic mass is 9.78. The lowest BCUT2D eigenvalue weighted by Crippen LogP contribution is -2.60. The van der Waals surface area contributed by atoms with Crippen LogP contribution in [0.4, 0.5) is 4.79 Å². The third kappa shape index (κ3) is 3.96. The zero-order chi connectivity index (χ0) is 19.8. The van der Waals surface area contributed by atoms with E-state index in [0.717, 1.165) is 38.5 Å². The number of likely N-dealkylation sites (tertiary alicyclic amines) is 1. The molecule has 0 aromatic heterocycles. The molecule has 3 rings (SSSR count). The Morgan fingerprint density at radius 2 is 2.00 bits per heavy atom. The van der Waals surface area contributed by atoms with Crippen LogP contribution in [0.25, 0.3) is 0 Å². The fourth-order valence-corrected chi connectivity index (χ4v) is 4.57. The molecule has 2 N–H and O–H groups in total. The maximum Gasteiger partial charge on any atom is 0.422 e. The summed E-state index contributed by atoms with van der Waals surface area (Å²) >= 11 is 0. The number of hydrogen-bond acceptors (Lipinski definition) is 5. The summed E-state index contributed by atoms with van der Waals surface area (Å²) in [6.45, 7) is 9.33. The summed E-state index contributed by atoms with van der Waals surface area (Å²) in [7, 11) is 0. The first-order chi connectivity index (χ1) is 12.7. The van der Waals surface area contributed by atoms with Crippen molar-refractivity contribution in [3.8, 4) is 6.07 Å². The number of nitrogens with one attached hydrogen (secondary N) is 2. The summed E-state index contributed by atoms with van der Waals surface area (Å²) in [5.41, 5.74) is 4.43. The van der Waals surface area contributed by atoms with Crippen molar-refractivity contribution in [2.75, 3.05) is 0 Å². The number of amides is 2. The summed E-state index contributed by atoms with van der Waals surface area (Å²) in [5.74, 6) is 0.325. The number of fused-ring (bicyclic) bond motifs is 1. The van der Waals surface area contributed by atoms with Crippen LogP contribution in [0.15, 0.2) is 12.7 Å². The van der Waals surface area contributed by atoms with E-state index in [4.69, 9.17) is 4.74 Å². The smallest absolute Gasteiger partial charge is 0.422 e. The first-order valence-electron chi connectivity index (χ1n) is 9.81. The molecule has 0 spiro atoms. The van der Waals surface area contributed by atoms with Gasteiger partial charge in [0.15, 0.2) is 0 Å². The van der Waals surface area contributed by atoms with Crippen LogP contribution >= 0.6 is 0 Å². The SMILES string of the molecule is C=CC1(C(NNC(=O)OC(C)(C)C)C(=O)N2C(C#N)C[C@@H]3C[C@@H]32)CCCC1. The van der Waals surface area contributed by atoms with Gasteiger partial charge >= 0.3 is 6.09 Å². The highest BCUT2D eigenvalue weighted by molar-refractivity contribution is 5.85. The number of nitrogens with zero attached hydrogens (tertiary/aromatic N) is 2. The number of rotatable bonds is 5. The van der Waals surface area contributed by atoms with Gasteiger partial charge < -0.3 is 9.64 Å². The van der Waals surface area contributed by atoms with Crippen molar-refractivity contribution in [3.63, 3.8) is 0 Å². The van der Waals surface area contributed by atoms with Gasteiger partial charge in [-0.3, -0.25) is 10.2 Å². The standard InChI is InChI=1S/C20H30N4O3/c1-5-20(8-6-7-9-20)16(22-23-18(26)27-19(2,3)4)17(25)24-14(12-21)10-13-11-15(13)24/h5,13-16,22H,1,6-11H2,2-4H3,(H,23,26)/t13-,14?,15+,16?/m1/s1. The number of carbonyl (C=O) groups excluding carboxylic acids is 2. The average Bonchev–Trinajstić information content (AvgIpc) is 3.04. The van der Waals surface area contributed by atoms with Crippen molar-refractivity contribution < 1.29 is 14.3 Å². The van der Waals surface area contributed by atoms with Gasteiger partial charge in [-0.15, -0.1) is 6.58 Å². The molecule has 2 unspecified atom stereocenters. The maximum atomic E-state index is 13.5. The zero-order valence-corrected chi connectivity index (χ0v) is 16.5. The number of nitriles is 1. The molecule has 2 aliphatic carbocycles. The molecule has 1 saturated heterocycles. The normalized spacial score (nSPS) is 29.4. The second kappa shape index (κ2) is 7.16. The van der Waals surface area contributed by atoms with E-state index in [1.165, 1.54) is 0 Å². The fourth-order valence-electron chi connectivity index (χ4n) is 4.57. The van der Waals surface area contributed by atoms with Gasteiger partial charge in [0.1, 0.15) is 17.7 Å². The Hall–Kier alpha value is -2.07. The van der Waals surface area contributed by atoms with Crippen LogP contribution in [0.2, 0.25) is 0 Å². The molecule has 2 amide bonds. The van der Waals surface area contributed by atoms with Gasteiger partial charge in [-0.2, -0.15) is 5.26 Å². The second-order valence-electron chi connectivity index (χ2n) is 9.04. The quantitative estimate of drug-likeness (QED) is 0.570. The molecule has 2 saturated carbocycles. The molecule has 0 radical (unpaired) electrons. The van der Waals surface area contributed by atoms with E-state index in [-0.39, 0.29) is 18.0 Å². The molecule has 0 bridgehead atoms. The Balaban J connectivity index is 1.78. The Morgan fingerprint density at radius 3 is 2.56 bits per heavy atom. The molecule has 27 heavy (non-hydrogen) atoms. The summed E-state index contributed by atoms with van der Waals surface area (Å²) < 4.78 is 5.28. The monoisotopic (exact) mass is 374 g/mol. The maximum absolute atomic E-state index is 13.5. The van der Waals surface area contributed by atoms with Crippen molar-refractivity contribution in [2.45, 2.75) is 83.0 Å². The number of ether oxygens (including phenoxy) is 1. The minimum Gasteiger partial charge on any atom is -0.443 e. The average molecular weight is 374 g/mol. The zero-order valence-electron chi connectivity index (χ0n) is 16.5. The van der Waals surface area contributed by atoms with Crippen LogP contribution in [0, 0.1) is 22.7 Å². The van der Waals surface area contributed by atoms with Crippen LogP contribution in [-0.4, -0.2) is 40.6 Å². The fraction of sp³-hybridized carbons (Fsp3) is 0.750. The Morgan fingerprint density at radius 1 is 1.33 bits per heavy atom. The molecule has 1 heterocycles. The van der Waals surface area contributed by atoms with Crippen molar-refractivity contribution in [2.24, 2.45) is 11.3 Å². The molecule has 7 nitrogen and oxygen atoms in total. The molecule has 0 aromatic carbocycles. The summed E-state index contributed by atoms with van der Waals surface area (Å²) in [6, 6.07) is 1.40. The molecule has 4 atom stereocenters. The van der Waals surface area contributed by atoms with Gasteiger partial charge in [0, 0.05) is 11.5 Å². The molecule has 0 aromatic rings. The second-order valence-corrected chi connectivity index (χ2v) is 9.04. The third-order valence-corrected chi connectivity index (χ3v) is 5.99. The van der Waals surface area contributed by atoms with E-state index in [9.17, 15) is 14.9 Å². The number of carbonyl (C=O) groups is 2. The van der Waals surface area contributed by atoms with Crippen LogP contribution in [0.5, 0.6) is 0 Å². The highest BCUT2D eigenvalue weighted by atomic mass is 16.6. The van der Waals surface area contributed by atoms with Crippen molar-refractivity contribution in [3.05, 3.63) is 12.7 Å². The molecular formula is C20H30N4O3. The van der Waals surface area contributed by atoms with Crippen LogP contribution in [0.1, 0.15) is 59.3 Å². The Bertz CT molecular complexity index is 657. The van der Waals surface area contributed by atoms with Gasteiger partial charge in [-0.25, -0.2) is 10.2 Å². The Kier molecular flexibility index (Phi) is 5.22. The molecule has 1 aliphatic heterocycles. The number of hydrogen-bond donors (Lipinski definition) is 2. The topological polar surface area (TPSA) is 94.5 Å². The van der Waals surface area contributed by atoms with E-state index in [0.29, 0.717) is 5.92 Å². The van der Waals surface area contributed by atoms with Crippen molar-refractivity contribution in [1.82, 2.24) is 15.8 Å². The predicted octanol–water partition coefficient (Wildman–Crippen LogP) is 2.64. The lowest BCUT2D eigenvalue weighted by Gasteiger charge is -2.38. The third-order valence-electron chi connectivity index (χ3n) is 5.99. The first-order valence-corrected chi connectivity index (χ1v) is 9.81. The van der Waals surface area contributed by atoms with Crippen LogP contribution in [0.3, 0.4) is 0 Å². The van der Waals surface area contributed by atoms with Crippen LogP contribution in [-0.2, 0) is 9.53 Å². The van der Waals surface area contributed by atoms with Crippen molar-refractivity contribution >= 4 is 12.0 Å². The van der Waals surface area contributed by atoms with E-state index in [1.54, 1.807) is 25.7 Å². The highest BCUT2D eigenvalue weighted by Crippen LogP contribution is 2.50. The van der Waals surface area contributed by atoms with E-state index in [2.05, 4.69) is 23.5 Å². The number of hydrazine groups is 1. The lowest BCUT2D eigenvalue weighted by molar-refractivity contribution is -0.137. The van der Waals surface area contributed by atoms with E-state index >= 15 is 0 Å². The highest BCUT2D eigenvalue weighted by Gasteiger charge is 2.57. The summed E-state index contributed by atoms with van der Waals surface area (Å²) in [6.07, 6.45) is 6.62. The minimum atomic E-state index is -0.653. The summed E-state index contributed by atoms with van der Waals surface area (Å²) in [4.78, 5) is 27.3. The van der Waals surface area contributed by atoms with Crippen LogP contribution < -0.4 is 10.9 Å². The van der Waals surface area contributed by atoms with Crippen molar-refractivity contribution in [1.29, 1.82) is 5.26 Å². The van der Waals surface area contributed by atoms with Gasteiger partial charge in [0.25, 0.3) is 0 Å². The molecular weight excluding hydrogens is 344 g/mol. The molecule has 3 aliphatic rings. The number of piperidine rings is 1. The van der Waals surface area contributed by atoms with Gasteiger partial charge in [-0.05, 0) is 52.4 Å². The molecule has 3 fully saturated rings. The van der Waals surface area contributed by atoms with Gasteiger partial charge in [-0.1, -0.05) is 18.9 Å². The molecule has 148 valence electrons. The first kappa shape index (κ1) is 19.7. The Labute approximate surface area is 161 Å². The van der Waals surface area contributed by atoms with Gasteiger partial charge in [0.2, 0.25) is 5.91 Å².